The predicted molar refractivity (Wildman–Crippen MR) is 53.6 cm³/mol. The smallest absolute Gasteiger partial charge is 0.321 e. The van der Waals surface area contributed by atoms with Gasteiger partial charge in [-0.3, -0.25) is 14.5 Å². The molecule has 0 aliphatic carbocycles. The molecule has 1 rings (SSSR count). The first-order valence-electron chi connectivity index (χ1n) is 5.16. The van der Waals surface area contributed by atoms with Crippen molar-refractivity contribution in [3.8, 4) is 0 Å². The SMILES string of the molecule is CC(C)N1CCC[C@@H](C(=O)O)[C@H]1C(=O)O. The monoisotopic (exact) mass is 215 g/mol. The molecule has 1 aliphatic heterocycles. The number of nitrogens with zero attached hydrogens (tertiary/aromatic N) is 1. The fourth-order valence-corrected chi connectivity index (χ4v) is 2.17. The predicted octanol–water partition coefficient (Wildman–Crippen LogP) is 0.645. The summed E-state index contributed by atoms with van der Waals surface area (Å²) < 4.78 is 0. The van der Waals surface area contributed by atoms with Gasteiger partial charge in [-0.05, 0) is 33.2 Å². The summed E-state index contributed by atoms with van der Waals surface area (Å²) in [6.45, 7) is 4.44. The van der Waals surface area contributed by atoms with E-state index in [1.165, 1.54) is 0 Å². The van der Waals surface area contributed by atoms with Gasteiger partial charge < -0.3 is 10.2 Å². The molecule has 1 saturated heterocycles. The molecule has 1 fully saturated rings. The highest BCUT2D eigenvalue weighted by Gasteiger charge is 2.41. The Hall–Kier alpha value is -1.10. The van der Waals surface area contributed by atoms with Crippen molar-refractivity contribution in [2.75, 3.05) is 6.54 Å². The van der Waals surface area contributed by atoms with E-state index in [9.17, 15) is 9.59 Å². The molecule has 0 aromatic heterocycles. The van der Waals surface area contributed by atoms with Crippen LogP contribution < -0.4 is 0 Å². The Balaban J connectivity index is 2.90. The molecular formula is C10H17NO4. The van der Waals surface area contributed by atoms with Gasteiger partial charge in [0.15, 0.2) is 0 Å². The van der Waals surface area contributed by atoms with Crippen molar-refractivity contribution in [2.24, 2.45) is 5.92 Å². The van der Waals surface area contributed by atoms with Gasteiger partial charge in [-0.2, -0.15) is 0 Å². The molecule has 5 heteroatoms. The molecule has 86 valence electrons. The van der Waals surface area contributed by atoms with Crippen LogP contribution in [0.1, 0.15) is 26.7 Å². The van der Waals surface area contributed by atoms with Crippen LogP contribution in [-0.2, 0) is 9.59 Å². The summed E-state index contributed by atoms with van der Waals surface area (Å²) >= 11 is 0. The molecule has 15 heavy (non-hydrogen) atoms. The van der Waals surface area contributed by atoms with Crippen molar-refractivity contribution in [2.45, 2.75) is 38.8 Å². The molecule has 5 nitrogen and oxygen atoms in total. The van der Waals surface area contributed by atoms with E-state index in [2.05, 4.69) is 0 Å². The molecule has 0 bridgehead atoms. The zero-order chi connectivity index (χ0) is 11.6. The zero-order valence-corrected chi connectivity index (χ0v) is 9.01. The maximum Gasteiger partial charge on any atom is 0.321 e. The molecule has 1 heterocycles. The van der Waals surface area contributed by atoms with Gasteiger partial charge in [0.05, 0.1) is 5.92 Å². The van der Waals surface area contributed by atoms with E-state index in [1.54, 1.807) is 4.90 Å². The molecule has 0 aromatic carbocycles. The van der Waals surface area contributed by atoms with Crippen molar-refractivity contribution in [1.29, 1.82) is 0 Å². The number of carboxylic acid groups (broad SMARTS) is 2. The molecule has 0 unspecified atom stereocenters. The minimum atomic E-state index is -1.03. The van der Waals surface area contributed by atoms with Crippen LogP contribution in [-0.4, -0.2) is 45.7 Å². The normalized spacial score (nSPS) is 27.9. The van der Waals surface area contributed by atoms with E-state index in [-0.39, 0.29) is 6.04 Å². The molecule has 0 saturated carbocycles. The van der Waals surface area contributed by atoms with E-state index in [0.29, 0.717) is 13.0 Å². The number of carbonyl (C=O) groups is 2. The van der Waals surface area contributed by atoms with Crippen LogP contribution in [0, 0.1) is 5.92 Å². The highest BCUT2D eigenvalue weighted by atomic mass is 16.4. The van der Waals surface area contributed by atoms with Crippen LogP contribution in [0.3, 0.4) is 0 Å². The van der Waals surface area contributed by atoms with Crippen LogP contribution in [0.5, 0.6) is 0 Å². The number of hydrogen-bond donors (Lipinski definition) is 2. The average molecular weight is 215 g/mol. The molecule has 0 radical (unpaired) electrons. The highest BCUT2D eigenvalue weighted by Crippen LogP contribution is 2.25. The summed E-state index contributed by atoms with van der Waals surface area (Å²) in [5.41, 5.74) is 0. The van der Waals surface area contributed by atoms with Crippen molar-refractivity contribution in [1.82, 2.24) is 4.90 Å². The minimum Gasteiger partial charge on any atom is -0.481 e. The van der Waals surface area contributed by atoms with Crippen LogP contribution in [0.15, 0.2) is 0 Å². The summed E-state index contributed by atoms with van der Waals surface area (Å²) in [6.07, 6.45) is 1.20. The Kier molecular flexibility index (Phi) is 3.68. The van der Waals surface area contributed by atoms with Crippen molar-refractivity contribution in [3.05, 3.63) is 0 Å². The lowest BCUT2D eigenvalue weighted by atomic mass is 9.88. The number of aliphatic carboxylic acids is 2. The molecule has 2 N–H and O–H groups in total. The van der Waals surface area contributed by atoms with Gasteiger partial charge in [0, 0.05) is 6.04 Å². The summed E-state index contributed by atoms with van der Waals surface area (Å²) in [6, 6.07) is -0.815. The van der Waals surface area contributed by atoms with Crippen molar-refractivity contribution < 1.29 is 19.8 Å². The topological polar surface area (TPSA) is 77.8 Å². The second-order valence-corrected chi connectivity index (χ2v) is 4.20. The Bertz CT molecular complexity index is 264. The lowest BCUT2D eigenvalue weighted by Crippen LogP contribution is -2.54. The highest BCUT2D eigenvalue weighted by molar-refractivity contribution is 5.82. The summed E-state index contributed by atoms with van der Waals surface area (Å²) in [7, 11) is 0. The first-order chi connectivity index (χ1) is 6.95. The lowest BCUT2D eigenvalue weighted by Gasteiger charge is -2.39. The van der Waals surface area contributed by atoms with Crippen LogP contribution in [0.25, 0.3) is 0 Å². The quantitative estimate of drug-likeness (QED) is 0.722. The molecule has 0 amide bonds. The largest absolute Gasteiger partial charge is 0.481 e. The standard InChI is InChI=1S/C10H17NO4/c1-6(2)11-5-3-4-7(9(12)13)8(11)10(14)15/h6-8H,3-5H2,1-2H3,(H,12,13)(H,14,15)/t7-,8+/m1/s1. The maximum absolute atomic E-state index is 11.1. The molecule has 0 aromatic rings. The third-order valence-electron chi connectivity index (χ3n) is 2.90. The average Bonchev–Trinajstić information content (AvgIpc) is 2.16. The van der Waals surface area contributed by atoms with Gasteiger partial charge in [-0.15, -0.1) is 0 Å². The van der Waals surface area contributed by atoms with E-state index < -0.39 is 23.9 Å². The zero-order valence-electron chi connectivity index (χ0n) is 9.01. The second kappa shape index (κ2) is 4.61. The van der Waals surface area contributed by atoms with Gasteiger partial charge in [0.1, 0.15) is 6.04 Å². The minimum absolute atomic E-state index is 0.0632. The Morgan fingerprint density at radius 1 is 1.27 bits per heavy atom. The van der Waals surface area contributed by atoms with E-state index in [1.807, 2.05) is 13.8 Å². The van der Waals surface area contributed by atoms with Gasteiger partial charge >= 0.3 is 11.9 Å². The van der Waals surface area contributed by atoms with Crippen molar-refractivity contribution in [3.63, 3.8) is 0 Å². The third-order valence-corrected chi connectivity index (χ3v) is 2.90. The number of carboxylic acids is 2. The van der Waals surface area contributed by atoms with Gasteiger partial charge in [0.2, 0.25) is 0 Å². The van der Waals surface area contributed by atoms with Crippen LogP contribution in [0.4, 0.5) is 0 Å². The van der Waals surface area contributed by atoms with E-state index in [0.717, 1.165) is 6.42 Å². The summed E-state index contributed by atoms with van der Waals surface area (Å²) in [5, 5.41) is 18.0. The Labute approximate surface area is 88.7 Å². The van der Waals surface area contributed by atoms with Crippen molar-refractivity contribution >= 4 is 11.9 Å². The lowest BCUT2D eigenvalue weighted by molar-refractivity contribution is -0.159. The number of likely N-dealkylation sites (tertiary alicyclic amines) is 1. The fourth-order valence-electron chi connectivity index (χ4n) is 2.17. The van der Waals surface area contributed by atoms with Gasteiger partial charge in [-0.25, -0.2) is 0 Å². The summed E-state index contributed by atoms with van der Waals surface area (Å²) in [5.74, 6) is -2.82. The summed E-state index contributed by atoms with van der Waals surface area (Å²) in [4.78, 5) is 23.8. The van der Waals surface area contributed by atoms with Gasteiger partial charge in [0.25, 0.3) is 0 Å². The first-order valence-corrected chi connectivity index (χ1v) is 5.16. The Morgan fingerprint density at radius 3 is 2.27 bits per heavy atom. The number of piperidine rings is 1. The first kappa shape index (κ1) is 12.0. The molecule has 2 atom stereocenters. The fraction of sp³-hybridized carbons (Fsp3) is 0.800. The van der Waals surface area contributed by atoms with Crippen LogP contribution >= 0.6 is 0 Å². The molecule has 1 aliphatic rings. The van der Waals surface area contributed by atoms with Crippen LogP contribution in [0.2, 0.25) is 0 Å². The van der Waals surface area contributed by atoms with E-state index >= 15 is 0 Å². The number of hydrogen-bond acceptors (Lipinski definition) is 3. The third kappa shape index (κ3) is 2.47. The number of rotatable bonds is 3. The molecule has 0 spiro atoms. The Morgan fingerprint density at radius 2 is 1.87 bits per heavy atom. The second-order valence-electron chi connectivity index (χ2n) is 4.20. The molecular weight excluding hydrogens is 198 g/mol. The van der Waals surface area contributed by atoms with E-state index in [4.69, 9.17) is 10.2 Å². The van der Waals surface area contributed by atoms with Gasteiger partial charge in [-0.1, -0.05) is 0 Å². The maximum atomic E-state index is 11.1.